The lowest BCUT2D eigenvalue weighted by molar-refractivity contribution is -0.116. The van der Waals surface area contributed by atoms with Crippen molar-refractivity contribution in [2.75, 3.05) is 42.5 Å². The first-order valence-corrected chi connectivity index (χ1v) is 19.0. The second kappa shape index (κ2) is 14.8. The van der Waals surface area contributed by atoms with Crippen LogP contribution < -0.4 is 34.1 Å². The first kappa shape index (κ1) is 36.8. The maximum Gasteiger partial charge on any atom is 0.261 e. The number of fused-ring (bicyclic) bond motifs is 8. The van der Waals surface area contributed by atoms with Crippen LogP contribution in [0, 0.1) is 5.41 Å². The molecule has 4 aliphatic rings. The van der Waals surface area contributed by atoms with Crippen molar-refractivity contribution in [3.05, 3.63) is 89.0 Å². The van der Waals surface area contributed by atoms with Crippen LogP contribution in [0.2, 0.25) is 0 Å². The summed E-state index contributed by atoms with van der Waals surface area (Å²) in [6.07, 6.45) is 6.65. The number of methoxy groups -OCH3 is 2. The molecule has 0 bridgehead atoms. The number of amides is 3. The van der Waals surface area contributed by atoms with Gasteiger partial charge in [-0.25, -0.2) is 0 Å². The number of nitrogens with zero attached hydrogens (tertiary/aromatic N) is 4. The molecule has 56 heavy (non-hydrogen) atoms. The molecule has 0 spiro atoms. The fraction of sp³-hybridized carbons (Fsp3) is 0.341. The van der Waals surface area contributed by atoms with Crippen LogP contribution in [0.15, 0.2) is 76.7 Å². The summed E-state index contributed by atoms with van der Waals surface area (Å²) in [5, 5.41) is 3.00. The Labute approximate surface area is 326 Å². The lowest BCUT2D eigenvalue weighted by Crippen LogP contribution is -2.37. The van der Waals surface area contributed by atoms with Crippen molar-refractivity contribution in [2.24, 2.45) is 15.4 Å². The van der Waals surface area contributed by atoms with Crippen LogP contribution in [0.4, 0.5) is 28.4 Å². The normalized spacial score (nSPS) is 17.5. The topological polar surface area (TPSA) is 131 Å². The first-order chi connectivity index (χ1) is 27.0. The summed E-state index contributed by atoms with van der Waals surface area (Å²) < 4.78 is 23.6. The van der Waals surface area contributed by atoms with E-state index in [0.29, 0.717) is 90.1 Å². The quantitative estimate of drug-likeness (QED) is 0.154. The summed E-state index contributed by atoms with van der Waals surface area (Å²) in [4.78, 5) is 53.5. The molecule has 0 saturated heterocycles. The van der Waals surface area contributed by atoms with Gasteiger partial charge in [0.2, 0.25) is 5.91 Å². The predicted molar refractivity (Wildman–Crippen MR) is 217 cm³/mol. The number of nitrogens with one attached hydrogen (secondary N) is 1. The predicted octanol–water partition coefficient (Wildman–Crippen LogP) is 7.89. The number of rotatable bonds is 11. The summed E-state index contributed by atoms with van der Waals surface area (Å²) >= 11 is 0. The van der Waals surface area contributed by atoms with Gasteiger partial charge in [-0.2, -0.15) is 0 Å². The van der Waals surface area contributed by atoms with E-state index in [-0.39, 0.29) is 35.2 Å². The largest absolute Gasteiger partial charge is 0.493 e. The Balaban J connectivity index is 0.919. The van der Waals surface area contributed by atoms with Crippen molar-refractivity contribution in [1.29, 1.82) is 0 Å². The maximum atomic E-state index is 14.1. The van der Waals surface area contributed by atoms with Gasteiger partial charge in [-0.3, -0.25) is 34.2 Å². The van der Waals surface area contributed by atoms with Crippen molar-refractivity contribution in [2.45, 2.75) is 65.0 Å². The van der Waals surface area contributed by atoms with Gasteiger partial charge in [0.05, 0.1) is 67.7 Å². The van der Waals surface area contributed by atoms with Gasteiger partial charge in [-0.05, 0) is 53.3 Å². The molecule has 0 radical (unpaired) electrons. The zero-order valence-electron chi connectivity index (χ0n) is 32.3. The monoisotopic (exact) mass is 755 g/mol. The fourth-order valence-electron chi connectivity index (χ4n) is 7.63. The van der Waals surface area contributed by atoms with Crippen molar-refractivity contribution in [3.63, 3.8) is 0 Å². The number of hydrogen-bond acceptors (Lipinski definition) is 9. The van der Waals surface area contributed by atoms with Crippen LogP contribution in [0.5, 0.6) is 23.0 Å². The molecule has 4 heterocycles. The highest BCUT2D eigenvalue weighted by molar-refractivity contribution is 6.16. The van der Waals surface area contributed by atoms with Crippen LogP contribution >= 0.6 is 0 Å². The lowest BCUT2D eigenvalue weighted by Gasteiger charge is -2.22. The van der Waals surface area contributed by atoms with E-state index in [0.717, 1.165) is 28.9 Å². The molecular formula is C44H45N5O7. The second-order valence-electron chi connectivity index (χ2n) is 15.6. The van der Waals surface area contributed by atoms with Gasteiger partial charge in [0, 0.05) is 61.6 Å². The number of benzene rings is 4. The summed E-state index contributed by atoms with van der Waals surface area (Å²) in [6.45, 7) is 6.92. The van der Waals surface area contributed by atoms with E-state index in [1.54, 1.807) is 47.4 Å². The Hall–Kier alpha value is -6.17. The maximum absolute atomic E-state index is 14.1. The number of aliphatic imine (C=N–C) groups is 2. The van der Waals surface area contributed by atoms with Crippen LogP contribution in [-0.2, 0) is 17.6 Å². The Morgan fingerprint density at radius 1 is 0.732 bits per heavy atom. The van der Waals surface area contributed by atoms with Crippen LogP contribution in [-0.4, -0.2) is 69.7 Å². The Morgan fingerprint density at radius 3 is 1.86 bits per heavy atom. The average Bonchev–Trinajstić information content (AvgIpc) is 3.67. The number of para-hydroxylation sites is 1. The zero-order valence-corrected chi connectivity index (χ0v) is 32.3. The van der Waals surface area contributed by atoms with Crippen molar-refractivity contribution in [1.82, 2.24) is 0 Å². The molecule has 3 amide bonds. The van der Waals surface area contributed by atoms with E-state index in [2.05, 4.69) is 26.1 Å². The molecule has 12 nitrogen and oxygen atoms in total. The van der Waals surface area contributed by atoms with Gasteiger partial charge >= 0.3 is 0 Å². The molecular weight excluding hydrogens is 711 g/mol. The number of carbonyl (C=O) groups is 3. The summed E-state index contributed by atoms with van der Waals surface area (Å²) in [5.41, 5.74) is 6.35. The van der Waals surface area contributed by atoms with Crippen molar-refractivity contribution < 1.29 is 33.3 Å². The van der Waals surface area contributed by atoms with Crippen LogP contribution in [0.1, 0.15) is 71.9 Å². The molecule has 4 aliphatic heterocycles. The Kier molecular flexibility index (Phi) is 9.73. The zero-order chi connectivity index (χ0) is 39.1. The highest BCUT2D eigenvalue weighted by atomic mass is 16.5. The lowest BCUT2D eigenvalue weighted by atomic mass is 9.90. The molecule has 12 heteroatoms. The van der Waals surface area contributed by atoms with Gasteiger partial charge in [-0.1, -0.05) is 45.0 Å². The third-order valence-corrected chi connectivity index (χ3v) is 10.5. The number of carbonyl (C=O) groups excluding carboxylic acids is 3. The van der Waals surface area contributed by atoms with E-state index in [9.17, 15) is 14.4 Å². The molecule has 0 fully saturated rings. The number of hydrogen-bond donors (Lipinski definition) is 1. The van der Waals surface area contributed by atoms with Crippen LogP contribution in [0.25, 0.3) is 0 Å². The van der Waals surface area contributed by atoms with Crippen molar-refractivity contribution >= 4 is 58.6 Å². The molecule has 0 aromatic heterocycles. The molecule has 0 aliphatic carbocycles. The molecule has 4 aromatic rings. The highest BCUT2D eigenvalue weighted by Gasteiger charge is 2.38. The Morgan fingerprint density at radius 2 is 1.29 bits per heavy atom. The Bertz CT molecular complexity index is 2290. The van der Waals surface area contributed by atoms with Gasteiger partial charge in [0.1, 0.15) is 0 Å². The molecule has 0 saturated carbocycles. The smallest absolute Gasteiger partial charge is 0.261 e. The molecule has 2 atom stereocenters. The minimum Gasteiger partial charge on any atom is -0.493 e. The number of ether oxygens (including phenoxy) is 4. The summed E-state index contributed by atoms with van der Waals surface area (Å²) in [5.74, 6) is 1.39. The van der Waals surface area contributed by atoms with E-state index in [4.69, 9.17) is 28.9 Å². The standard InChI is InChI=1S/C44H45N5O7/c1-44(2,3)14-13-41(50)47-28-12-11-27-18-30-25-46-34-23-40(38(54-5)21-32(34)43(52)49(30)36(27)19-28)56-16-8-15-55-39-22-33-31(20-37(39)53-4)42(51)48-29(24-45-33)17-26-9-6-7-10-35(26)48/h6-7,9-12,19-25,29-30H,8,13-18H2,1-5H3,(H,47,50)/t29-,30-/m0/s1. The SMILES string of the molecule is COc1cc2c(cc1OCCCOc1cc3c(cc1OC)C(=O)N1c4cc(NC(=O)CCC(C)(C)C)ccc4C[C@H]1C=N3)N=C[C@@H]1Cc3ccccc3N1C2=O. The molecule has 1 N–H and O–H groups in total. The van der Waals surface area contributed by atoms with Gasteiger partial charge in [-0.15, -0.1) is 0 Å². The second-order valence-corrected chi connectivity index (χ2v) is 15.6. The minimum atomic E-state index is -0.271. The van der Waals surface area contributed by atoms with Gasteiger partial charge < -0.3 is 24.3 Å². The van der Waals surface area contributed by atoms with Gasteiger partial charge in [0.15, 0.2) is 23.0 Å². The number of anilines is 3. The first-order valence-electron chi connectivity index (χ1n) is 19.0. The summed E-state index contributed by atoms with van der Waals surface area (Å²) in [7, 11) is 3.08. The molecule has 8 rings (SSSR count). The summed E-state index contributed by atoms with van der Waals surface area (Å²) in [6, 6.07) is 20.1. The van der Waals surface area contributed by atoms with E-state index < -0.39 is 0 Å². The molecule has 0 unspecified atom stereocenters. The van der Waals surface area contributed by atoms with Crippen LogP contribution in [0.3, 0.4) is 0 Å². The fourth-order valence-corrected chi connectivity index (χ4v) is 7.63. The molecule has 4 aromatic carbocycles. The van der Waals surface area contributed by atoms with E-state index in [1.165, 1.54) is 7.11 Å². The van der Waals surface area contributed by atoms with E-state index in [1.807, 2.05) is 48.7 Å². The third-order valence-electron chi connectivity index (χ3n) is 10.5. The van der Waals surface area contributed by atoms with Crippen molar-refractivity contribution in [3.8, 4) is 23.0 Å². The van der Waals surface area contributed by atoms with E-state index >= 15 is 0 Å². The molecule has 288 valence electrons. The minimum absolute atomic E-state index is 0.0545. The average molecular weight is 756 g/mol. The third kappa shape index (κ3) is 7.07. The highest BCUT2D eigenvalue weighted by Crippen LogP contribution is 2.43. The van der Waals surface area contributed by atoms with Gasteiger partial charge in [0.25, 0.3) is 11.8 Å².